The van der Waals surface area contributed by atoms with Crippen LogP contribution in [-0.2, 0) is 20.9 Å². The third-order valence-corrected chi connectivity index (χ3v) is 34.0. The highest BCUT2D eigenvalue weighted by Crippen LogP contribution is 2.51. The summed E-state index contributed by atoms with van der Waals surface area (Å²) in [5.74, 6) is 0. The highest BCUT2D eigenvalue weighted by atomic mass is 32.4. The summed E-state index contributed by atoms with van der Waals surface area (Å²) in [5, 5.41) is 23.0. The van der Waals surface area contributed by atoms with Gasteiger partial charge in [0.2, 0.25) is 0 Å². The fourth-order valence-electron chi connectivity index (χ4n) is 17.7. The van der Waals surface area contributed by atoms with Crippen LogP contribution in [0.4, 0.5) is 0 Å². The standard InChI is InChI=1S/C34H22N3OP.C34H22N3PS.C33H21N4OP/c38-39(26-11-8-20-35-22-26,25-19-18-23-9-1-2-10-24(23)21-25)32-17-7-13-28-27-12-3-5-15-30(27)37-31-16-6-4-14-29(31)36-34(37)33(28)32;39-38(26-11-8-20-35-22-26,25-19-18-23-9-1-2-10-24(23)21-25)32-17-7-13-28-27-12-3-5-15-30(27)37-31-16-6-4-14-29(31)36-34(37)33(28)32;38-39(23-16-19-34-20-17-23,24-15-14-22-7-6-18-35-28(22)21-24)31-13-5-9-26-25-8-1-3-11-29(25)37-30-12-4-2-10-27(30)36-33(37)32(26)31/h2*1-22H;1-21H. The molecule has 0 spiro atoms. The number of benzene rings is 14. The van der Waals surface area contributed by atoms with E-state index in [9.17, 15) is 0 Å². The van der Waals surface area contributed by atoms with Gasteiger partial charge in [-0.15, -0.1) is 0 Å². The van der Waals surface area contributed by atoms with Crippen LogP contribution >= 0.6 is 20.3 Å². The summed E-state index contributed by atoms with van der Waals surface area (Å²) in [6.45, 7) is 0. The maximum Gasteiger partial charge on any atom is 0.173 e. The Morgan fingerprint density at radius 1 is 0.239 bits per heavy atom. The Kier molecular flexibility index (Phi) is 16.6. The summed E-state index contributed by atoms with van der Waals surface area (Å²) < 4.78 is 38.3. The van der Waals surface area contributed by atoms with Crippen molar-refractivity contribution in [2.45, 2.75) is 0 Å². The fraction of sp³-hybridized carbons (Fsp3) is 0. The van der Waals surface area contributed by atoms with Crippen molar-refractivity contribution in [3.05, 3.63) is 395 Å². The van der Waals surface area contributed by atoms with Crippen molar-refractivity contribution in [3.63, 3.8) is 0 Å². The average Bonchev–Trinajstić information content (AvgIpc) is 1.70. The molecule has 16 heteroatoms. The lowest BCUT2D eigenvalue weighted by atomic mass is 10.1. The molecular weight excluding hydrogens is 1510 g/mol. The molecule has 10 heterocycles. The zero-order valence-electron chi connectivity index (χ0n) is 62.6. The van der Waals surface area contributed by atoms with Crippen molar-refractivity contribution in [2.75, 3.05) is 0 Å². The Labute approximate surface area is 675 Å². The Hall–Kier alpha value is -14.0. The largest absolute Gasteiger partial charge is 0.309 e. The second-order valence-electron chi connectivity index (χ2n) is 29.3. The van der Waals surface area contributed by atoms with Crippen LogP contribution in [0.1, 0.15) is 0 Å². The maximum atomic E-state index is 15.8. The average molecular weight is 1580 g/mol. The molecule has 0 bridgehead atoms. The summed E-state index contributed by atoms with van der Waals surface area (Å²) in [6.07, 6.45) is 12.4. The van der Waals surface area contributed by atoms with Gasteiger partial charge in [-0.25, -0.2) is 15.0 Å². The number of hydrogen-bond acceptors (Lipinski definition) is 10. The SMILES string of the molecule is O=P(c1cccnc1)(c1ccc2ccccc2c1)c1cccc2c3ccccc3n3c4ccccc4nc3c12.O=P(c1ccncc1)(c1ccc2cccnc2c1)c1cccc2c3ccccc3n3c4ccccc4nc3c12.S=P(c1cccnc1)(c1ccc2ccccc2c1)c1cccc2c3ccccc3n3c4ccccc4nc3c12. The normalized spacial score (nSPS) is 13.4. The first-order valence-corrected chi connectivity index (χ1v) is 44.9. The van der Waals surface area contributed by atoms with E-state index in [2.05, 4.69) is 245 Å². The van der Waals surface area contributed by atoms with E-state index in [-0.39, 0.29) is 0 Å². The molecule has 0 amide bonds. The van der Waals surface area contributed by atoms with Crippen molar-refractivity contribution in [1.29, 1.82) is 0 Å². The predicted molar refractivity (Wildman–Crippen MR) is 492 cm³/mol. The first-order chi connectivity index (χ1) is 57.7. The van der Waals surface area contributed by atoms with E-state index < -0.39 is 20.3 Å². The summed E-state index contributed by atoms with van der Waals surface area (Å²) in [7, 11) is -6.75. The number of imidazole rings is 3. The minimum Gasteiger partial charge on any atom is -0.309 e. The van der Waals surface area contributed by atoms with Crippen LogP contribution < -0.4 is 47.7 Å². The van der Waals surface area contributed by atoms with E-state index in [4.69, 9.17) is 26.8 Å². The van der Waals surface area contributed by atoms with Crippen LogP contribution in [0.25, 0.3) is 148 Å². The lowest BCUT2D eigenvalue weighted by Crippen LogP contribution is -2.26. The Morgan fingerprint density at radius 2 is 0.607 bits per heavy atom. The molecule has 117 heavy (non-hydrogen) atoms. The van der Waals surface area contributed by atoms with E-state index in [1.165, 1.54) is 21.5 Å². The molecule has 14 aromatic carbocycles. The van der Waals surface area contributed by atoms with E-state index in [0.717, 1.165) is 168 Å². The van der Waals surface area contributed by atoms with Crippen molar-refractivity contribution in [2.24, 2.45) is 0 Å². The van der Waals surface area contributed by atoms with Crippen molar-refractivity contribution in [1.82, 2.24) is 48.1 Å². The molecule has 0 N–H and O–H groups in total. The fourth-order valence-corrected chi connectivity index (χ4v) is 27.3. The van der Waals surface area contributed by atoms with Gasteiger partial charge in [0.15, 0.2) is 14.3 Å². The van der Waals surface area contributed by atoms with Crippen molar-refractivity contribution >= 4 is 227 Å². The number of hydrogen-bond donors (Lipinski definition) is 0. The van der Waals surface area contributed by atoms with Gasteiger partial charge in [-0.1, -0.05) is 254 Å². The molecule has 0 aliphatic rings. The quantitative estimate of drug-likeness (QED) is 0.101. The Morgan fingerprint density at radius 3 is 1.09 bits per heavy atom. The second-order valence-corrected chi connectivity index (χ2v) is 39.2. The molecule has 0 saturated heterocycles. The number of nitrogens with zero attached hydrogens (tertiary/aromatic N) is 10. The van der Waals surface area contributed by atoms with Crippen LogP contribution in [0.5, 0.6) is 0 Å². The number of pyridine rings is 7. The van der Waals surface area contributed by atoms with Gasteiger partial charge in [0.05, 0.1) is 55.2 Å². The van der Waals surface area contributed by atoms with E-state index in [1.54, 1.807) is 31.0 Å². The van der Waals surface area contributed by atoms with E-state index in [1.807, 2.05) is 152 Å². The van der Waals surface area contributed by atoms with Crippen molar-refractivity contribution in [3.8, 4) is 0 Å². The van der Waals surface area contributed by atoms with E-state index in [0.29, 0.717) is 5.30 Å². The zero-order chi connectivity index (χ0) is 77.9. The van der Waals surface area contributed by atoms with Gasteiger partial charge in [0.25, 0.3) is 0 Å². The minimum atomic E-state index is -3.39. The molecule has 24 aromatic rings. The summed E-state index contributed by atoms with van der Waals surface area (Å²) in [5.41, 5.74) is 12.6. The third-order valence-electron chi connectivity index (χ3n) is 23.0. The smallest absolute Gasteiger partial charge is 0.173 e. The molecule has 552 valence electrons. The lowest BCUT2D eigenvalue weighted by Gasteiger charge is -2.26. The highest BCUT2D eigenvalue weighted by Gasteiger charge is 2.37. The highest BCUT2D eigenvalue weighted by molar-refractivity contribution is 8.25. The molecular formula is C101H65N10O2P3S. The molecule has 3 unspecified atom stereocenters. The van der Waals surface area contributed by atoms with Crippen LogP contribution in [0.3, 0.4) is 0 Å². The topological polar surface area (TPSA) is 138 Å². The number of aromatic nitrogens is 10. The van der Waals surface area contributed by atoms with Crippen LogP contribution in [0.2, 0.25) is 0 Å². The molecule has 12 nitrogen and oxygen atoms in total. The number of fused-ring (bicyclic) bond motifs is 27. The monoisotopic (exact) mass is 1570 g/mol. The molecule has 0 aliphatic heterocycles. The molecule has 0 saturated carbocycles. The molecule has 24 rings (SSSR count). The first kappa shape index (κ1) is 69.7. The third kappa shape index (κ3) is 11.0. The molecule has 0 fully saturated rings. The molecule has 0 aliphatic carbocycles. The second kappa shape index (κ2) is 27.9. The predicted octanol–water partition coefficient (Wildman–Crippen LogP) is 20.5. The number of para-hydroxylation sites is 9. The summed E-state index contributed by atoms with van der Waals surface area (Å²) in [6, 6.07) is 117. The van der Waals surface area contributed by atoms with Gasteiger partial charge in [0.1, 0.15) is 16.9 Å². The molecule has 10 aromatic heterocycles. The molecule has 3 atom stereocenters. The van der Waals surface area contributed by atoms with Crippen LogP contribution in [-0.4, -0.2) is 48.1 Å². The van der Waals surface area contributed by atoms with Gasteiger partial charge < -0.3 is 9.13 Å². The Bertz CT molecular complexity index is 7590. The lowest BCUT2D eigenvalue weighted by molar-refractivity contribution is 0.592. The van der Waals surface area contributed by atoms with Gasteiger partial charge in [0, 0.05) is 130 Å². The number of rotatable bonds is 9. The zero-order valence-corrected chi connectivity index (χ0v) is 66.1. The van der Waals surface area contributed by atoms with Crippen molar-refractivity contribution < 1.29 is 9.13 Å². The van der Waals surface area contributed by atoms with Crippen LogP contribution in [0.15, 0.2) is 395 Å². The van der Waals surface area contributed by atoms with E-state index >= 15 is 9.13 Å². The summed E-state index contributed by atoms with van der Waals surface area (Å²) in [4.78, 5) is 33.2. The van der Waals surface area contributed by atoms with Crippen LogP contribution in [0, 0.1) is 0 Å². The van der Waals surface area contributed by atoms with Gasteiger partial charge in [-0.3, -0.25) is 33.1 Å². The maximum absolute atomic E-state index is 15.8. The molecule has 0 radical (unpaired) electrons. The van der Waals surface area contributed by atoms with Gasteiger partial charge >= 0.3 is 0 Å². The minimum absolute atomic E-state index is 0.704. The van der Waals surface area contributed by atoms with Gasteiger partial charge in [-0.05, 0) is 152 Å². The Balaban J connectivity index is 0.000000106. The first-order valence-electron chi connectivity index (χ1n) is 38.7. The van der Waals surface area contributed by atoms with Gasteiger partial charge in [-0.2, -0.15) is 0 Å². The summed E-state index contributed by atoms with van der Waals surface area (Å²) >= 11 is 6.89.